The molecule has 4 N–H and O–H groups in total. The van der Waals surface area contributed by atoms with Crippen molar-refractivity contribution in [3.63, 3.8) is 0 Å². The molecule has 0 saturated carbocycles. The first-order chi connectivity index (χ1) is 41.2. The largest absolute Gasteiger partial charge is 0.467 e. The van der Waals surface area contributed by atoms with Gasteiger partial charge in [-0.15, -0.1) is 0 Å². The van der Waals surface area contributed by atoms with E-state index in [0.29, 0.717) is 36.1 Å². The first-order valence-electron chi connectivity index (χ1n) is 27.5. The normalized spacial score (nSPS) is 16.3. The molecule has 7 atom stereocenters. The first kappa shape index (κ1) is 63.1. The molecule has 0 spiro atoms. The number of methoxy groups -OCH3 is 2. The van der Waals surface area contributed by atoms with Gasteiger partial charge in [0, 0.05) is 38.5 Å². The summed E-state index contributed by atoms with van der Waals surface area (Å²) >= 11 is 0. The summed E-state index contributed by atoms with van der Waals surface area (Å²) in [4.78, 5) is 121. The molecule has 0 aliphatic carbocycles. The number of benzene rings is 4. The van der Waals surface area contributed by atoms with E-state index in [-0.39, 0.29) is 75.6 Å². The van der Waals surface area contributed by atoms with Crippen LogP contribution in [0.4, 0.5) is 20.2 Å². The van der Waals surface area contributed by atoms with Gasteiger partial charge < -0.3 is 64.1 Å². The molecule has 25 heteroatoms. The van der Waals surface area contributed by atoms with Gasteiger partial charge in [-0.25, -0.2) is 38.9 Å². The van der Waals surface area contributed by atoms with Crippen LogP contribution >= 0.6 is 0 Å². The fraction of sp³-hybridized carbons (Fsp3) is 0.383. The minimum absolute atomic E-state index is 0.00307. The summed E-state index contributed by atoms with van der Waals surface area (Å²) in [5.41, 5.74) is 2.78. The Morgan fingerprint density at radius 3 is 1.69 bits per heavy atom. The van der Waals surface area contributed by atoms with E-state index in [1.54, 1.807) is 91.0 Å². The summed E-state index contributed by atoms with van der Waals surface area (Å²) in [6.45, 7) is 2.61. The molecule has 4 amide bonds. The predicted molar refractivity (Wildman–Crippen MR) is 304 cm³/mol. The van der Waals surface area contributed by atoms with Gasteiger partial charge in [-0.2, -0.15) is 0 Å². The second-order valence-electron chi connectivity index (χ2n) is 19.6. The Labute approximate surface area is 490 Å². The van der Waals surface area contributed by atoms with Gasteiger partial charge in [-0.3, -0.25) is 19.0 Å². The molecule has 3 heterocycles. The number of ether oxygens (including phenoxy) is 8. The molecule has 4 aromatic carbocycles. The van der Waals surface area contributed by atoms with E-state index < -0.39 is 90.7 Å². The number of fused-ring (bicyclic) bond motifs is 1. The van der Waals surface area contributed by atoms with Crippen molar-refractivity contribution in [2.24, 2.45) is 0 Å². The number of imidazole rings is 1. The number of nitrogens with zero attached hydrogens (tertiary/aromatic N) is 5. The highest BCUT2D eigenvalue weighted by atomic mass is 16.6. The number of anilines is 1. The van der Waals surface area contributed by atoms with Gasteiger partial charge in [0.15, 0.2) is 35.4 Å². The summed E-state index contributed by atoms with van der Waals surface area (Å²) in [5, 5.41) is 11.3. The number of hydrogen-bond acceptors (Lipinski definition) is 20. The minimum Gasteiger partial charge on any atom is -0.467 e. The third-order valence-corrected chi connectivity index (χ3v) is 13.6. The van der Waals surface area contributed by atoms with Crippen molar-refractivity contribution in [2.45, 2.75) is 115 Å². The SMILES string of the molecule is COC(=O)[C@H](CCCCNCCN(C(=O)OCc1ccccc1)[C@@H](CC[C@H](NC(=O)OCc1ccccc1)C(=O)OC)C[C@H]1O[C@@H](n2cnc3c(NC(=O)c4ccccc4)ncnc32)[C@@H](OC(C)=O)C1OC(C)=O)NC(=O)OCc1ccccc1. The third kappa shape index (κ3) is 19.0. The number of amides is 4. The molecule has 0 radical (unpaired) electrons. The van der Waals surface area contributed by atoms with Crippen LogP contribution in [0.3, 0.4) is 0 Å². The summed E-state index contributed by atoms with van der Waals surface area (Å²) in [6.07, 6.45) is -4.33. The van der Waals surface area contributed by atoms with E-state index in [9.17, 15) is 38.4 Å². The standard InChI is InChI=1S/C60H69N9O16/c1-39(70)83-50-48(85-55(51(50)84-40(2)71)69-38-64-49-52(62-37-63-53(49)69)67-54(72)44-25-15-8-16-26-44)33-45(28-29-47(57(74)79-4)66-59(76)81-35-42-21-11-6-12-22-42)68(60(77)82-36-43-23-13-7-14-24-43)32-31-61-30-18-17-27-46(56(73)78-3)65-58(75)80-34-41-19-9-5-10-20-41/h5-16,19-26,37-38,45-48,50-51,55,61H,17-18,27-36H2,1-4H3,(H,65,75)(H,66,76)(H,62,63,67,72)/t45-,46-,47-,48+,50?,51-,55+/m0/s1. The minimum atomic E-state index is -1.36. The number of aromatic nitrogens is 4. The maximum Gasteiger partial charge on any atom is 0.410 e. The Hall–Kier alpha value is -9.49. The van der Waals surface area contributed by atoms with Crippen molar-refractivity contribution in [1.82, 2.24) is 40.4 Å². The lowest BCUT2D eigenvalue weighted by molar-refractivity contribution is -0.165. The lowest BCUT2D eigenvalue weighted by atomic mass is 9.96. The van der Waals surface area contributed by atoms with Gasteiger partial charge in [0.1, 0.15) is 44.3 Å². The average Bonchev–Trinajstić information content (AvgIpc) is 2.07. The number of carbonyl (C=O) groups is 8. The number of unbranched alkanes of at least 4 members (excludes halogenated alkanes) is 1. The maximum absolute atomic E-state index is 14.7. The Balaban J connectivity index is 1.15. The number of nitrogens with one attached hydrogen (secondary N) is 4. The van der Waals surface area contributed by atoms with Crippen LogP contribution < -0.4 is 21.3 Å². The van der Waals surface area contributed by atoms with Crippen molar-refractivity contribution in [2.75, 3.05) is 39.2 Å². The van der Waals surface area contributed by atoms with Crippen LogP contribution in [-0.2, 0) is 76.9 Å². The smallest absolute Gasteiger partial charge is 0.410 e. The van der Waals surface area contributed by atoms with Crippen molar-refractivity contribution >= 4 is 65.0 Å². The quantitative estimate of drug-likeness (QED) is 0.0215. The second-order valence-corrected chi connectivity index (χ2v) is 19.6. The van der Waals surface area contributed by atoms with Gasteiger partial charge in [0.05, 0.1) is 20.5 Å². The number of alkyl carbamates (subject to hydrolysis) is 2. The molecule has 2 aromatic heterocycles. The monoisotopic (exact) mass is 1170 g/mol. The van der Waals surface area contributed by atoms with Crippen LogP contribution in [-0.4, -0.2) is 143 Å². The van der Waals surface area contributed by atoms with Gasteiger partial charge in [-0.05, 0) is 73.9 Å². The fourth-order valence-electron chi connectivity index (χ4n) is 9.44. The Morgan fingerprint density at radius 2 is 1.14 bits per heavy atom. The van der Waals surface area contributed by atoms with Crippen molar-refractivity contribution < 1.29 is 76.3 Å². The topological polar surface area (TPSA) is 305 Å². The van der Waals surface area contributed by atoms with E-state index in [4.69, 9.17) is 37.9 Å². The number of esters is 4. The summed E-state index contributed by atoms with van der Waals surface area (Å²) < 4.78 is 47.0. The molecule has 1 fully saturated rings. The van der Waals surface area contributed by atoms with E-state index >= 15 is 0 Å². The molecule has 25 nitrogen and oxygen atoms in total. The van der Waals surface area contributed by atoms with Crippen LogP contribution in [0.5, 0.6) is 0 Å². The molecular formula is C60H69N9O16. The fourth-order valence-corrected chi connectivity index (χ4v) is 9.44. The van der Waals surface area contributed by atoms with E-state index in [1.165, 1.54) is 43.1 Å². The highest BCUT2D eigenvalue weighted by Gasteiger charge is 2.52. The van der Waals surface area contributed by atoms with E-state index in [2.05, 4.69) is 36.2 Å². The van der Waals surface area contributed by atoms with Gasteiger partial charge in [0.25, 0.3) is 5.91 Å². The molecule has 1 saturated heterocycles. The van der Waals surface area contributed by atoms with Crippen LogP contribution in [0.2, 0.25) is 0 Å². The van der Waals surface area contributed by atoms with Gasteiger partial charge in [0.2, 0.25) is 0 Å². The van der Waals surface area contributed by atoms with E-state index in [1.807, 2.05) is 30.3 Å². The maximum atomic E-state index is 14.7. The highest BCUT2D eigenvalue weighted by molar-refractivity contribution is 6.06. The highest BCUT2D eigenvalue weighted by Crippen LogP contribution is 2.39. The summed E-state index contributed by atoms with van der Waals surface area (Å²) in [5.74, 6) is -3.40. The Morgan fingerprint density at radius 1 is 0.612 bits per heavy atom. The van der Waals surface area contributed by atoms with Crippen molar-refractivity contribution in [3.8, 4) is 0 Å². The first-order valence-corrected chi connectivity index (χ1v) is 27.5. The zero-order chi connectivity index (χ0) is 60.5. The number of rotatable bonds is 29. The molecular weight excluding hydrogens is 1100 g/mol. The second kappa shape index (κ2) is 32.4. The van der Waals surface area contributed by atoms with Crippen LogP contribution in [0.1, 0.15) is 85.6 Å². The van der Waals surface area contributed by atoms with Crippen LogP contribution in [0.25, 0.3) is 11.2 Å². The molecule has 85 heavy (non-hydrogen) atoms. The lowest BCUT2D eigenvalue weighted by Gasteiger charge is -2.34. The molecule has 450 valence electrons. The van der Waals surface area contributed by atoms with Crippen LogP contribution in [0.15, 0.2) is 134 Å². The number of carbonyl (C=O) groups excluding carboxylic acids is 8. The zero-order valence-electron chi connectivity index (χ0n) is 47.5. The summed E-state index contributed by atoms with van der Waals surface area (Å²) in [6, 6.07) is 32.1. The Bertz CT molecular complexity index is 3160. The molecule has 0 bridgehead atoms. The van der Waals surface area contributed by atoms with Crippen molar-refractivity contribution in [3.05, 3.63) is 156 Å². The molecule has 7 rings (SSSR count). The number of hydrogen-bond donors (Lipinski definition) is 4. The average molecular weight is 1170 g/mol. The molecule has 1 aliphatic heterocycles. The lowest BCUT2D eigenvalue weighted by Crippen LogP contribution is -2.49. The predicted octanol–water partition coefficient (Wildman–Crippen LogP) is 6.71. The molecule has 1 aliphatic rings. The van der Waals surface area contributed by atoms with Crippen molar-refractivity contribution in [1.29, 1.82) is 0 Å². The Kier molecular flexibility index (Phi) is 24.0. The van der Waals surface area contributed by atoms with E-state index in [0.717, 1.165) is 12.7 Å². The third-order valence-electron chi connectivity index (χ3n) is 13.6. The van der Waals surface area contributed by atoms with Gasteiger partial charge >= 0.3 is 42.2 Å². The van der Waals surface area contributed by atoms with Crippen LogP contribution in [0, 0.1) is 0 Å². The molecule has 1 unspecified atom stereocenters. The molecule has 6 aromatic rings. The van der Waals surface area contributed by atoms with Gasteiger partial charge in [-0.1, -0.05) is 109 Å². The zero-order valence-corrected chi connectivity index (χ0v) is 47.5. The summed E-state index contributed by atoms with van der Waals surface area (Å²) in [7, 11) is 2.38.